The van der Waals surface area contributed by atoms with Crippen LogP contribution >= 0.6 is 0 Å². The van der Waals surface area contributed by atoms with Gasteiger partial charge in [-0.25, -0.2) is 4.79 Å². The molecule has 0 aliphatic rings. The number of hydrogen-bond donors (Lipinski definition) is 2. The SMILES string of the molecule is CCOc1ccc(C(=O)N[C@@H](CC(C)C)C(=O)N[C@@H](Cc2ccc(OCc3ccccc3)cc2)C(=O)OC(C)(C)C)cc1. The molecule has 0 unspecified atom stereocenters. The van der Waals surface area contributed by atoms with Crippen molar-refractivity contribution in [2.24, 2.45) is 5.92 Å². The van der Waals surface area contributed by atoms with Crippen molar-refractivity contribution >= 4 is 17.8 Å². The average Bonchev–Trinajstić information content (AvgIpc) is 2.96. The van der Waals surface area contributed by atoms with Gasteiger partial charge in [0, 0.05) is 12.0 Å². The minimum Gasteiger partial charge on any atom is -0.494 e. The van der Waals surface area contributed by atoms with E-state index in [-0.39, 0.29) is 18.2 Å². The second-order valence-electron chi connectivity index (χ2n) is 11.8. The number of rotatable bonds is 14. The van der Waals surface area contributed by atoms with E-state index in [0.717, 1.165) is 11.1 Å². The number of hydrogen-bond acceptors (Lipinski definition) is 6. The molecule has 0 saturated carbocycles. The van der Waals surface area contributed by atoms with Crippen LogP contribution in [0.15, 0.2) is 78.9 Å². The van der Waals surface area contributed by atoms with Crippen molar-refractivity contribution in [2.45, 2.75) is 78.7 Å². The third-order valence-corrected chi connectivity index (χ3v) is 6.38. The third-order valence-electron chi connectivity index (χ3n) is 6.38. The Hall–Kier alpha value is -4.33. The number of nitrogens with one attached hydrogen (secondary N) is 2. The molecule has 3 rings (SSSR count). The van der Waals surface area contributed by atoms with Crippen LogP contribution in [-0.2, 0) is 27.4 Å². The van der Waals surface area contributed by atoms with Crippen molar-refractivity contribution in [2.75, 3.05) is 6.61 Å². The fraction of sp³-hybridized carbons (Fsp3) is 0.400. The van der Waals surface area contributed by atoms with Gasteiger partial charge in [0.1, 0.15) is 35.8 Å². The van der Waals surface area contributed by atoms with Gasteiger partial charge in [0.2, 0.25) is 5.91 Å². The molecule has 0 spiro atoms. The molecule has 2 N–H and O–H groups in total. The second kappa shape index (κ2) is 15.8. The zero-order valence-corrected chi connectivity index (χ0v) is 26.0. The van der Waals surface area contributed by atoms with Gasteiger partial charge in [-0.3, -0.25) is 9.59 Å². The second-order valence-corrected chi connectivity index (χ2v) is 11.8. The van der Waals surface area contributed by atoms with E-state index in [9.17, 15) is 14.4 Å². The van der Waals surface area contributed by atoms with Crippen molar-refractivity contribution < 1.29 is 28.6 Å². The molecule has 0 heterocycles. The fourth-order valence-corrected chi connectivity index (χ4v) is 4.35. The van der Waals surface area contributed by atoms with Gasteiger partial charge < -0.3 is 24.8 Å². The number of esters is 1. The fourth-order valence-electron chi connectivity index (χ4n) is 4.35. The summed E-state index contributed by atoms with van der Waals surface area (Å²) >= 11 is 0. The molecule has 8 heteroatoms. The van der Waals surface area contributed by atoms with Gasteiger partial charge in [-0.2, -0.15) is 0 Å². The molecule has 0 aliphatic heterocycles. The first-order valence-corrected chi connectivity index (χ1v) is 14.8. The Bertz CT molecular complexity index is 1320. The Labute approximate surface area is 255 Å². The number of amides is 2. The number of benzene rings is 3. The largest absolute Gasteiger partial charge is 0.494 e. The lowest BCUT2D eigenvalue weighted by atomic mass is 10.0. The van der Waals surface area contributed by atoms with Crippen molar-refractivity contribution in [1.82, 2.24) is 10.6 Å². The summed E-state index contributed by atoms with van der Waals surface area (Å²) in [5, 5.41) is 5.70. The molecule has 8 nitrogen and oxygen atoms in total. The topological polar surface area (TPSA) is 103 Å². The molecule has 230 valence electrons. The Balaban J connectivity index is 1.72. The maximum atomic E-state index is 13.6. The van der Waals surface area contributed by atoms with Gasteiger partial charge in [0.05, 0.1) is 6.61 Å². The first-order chi connectivity index (χ1) is 20.4. The molecule has 43 heavy (non-hydrogen) atoms. The molecule has 0 bridgehead atoms. The van der Waals surface area contributed by atoms with E-state index in [1.165, 1.54) is 0 Å². The van der Waals surface area contributed by atoms with E-state index in [1.54, 1.807) is 45.0 Å². The lowest BCUT2D eigenvalue weighted by Gasteiger charge is -2.27. The van der Waals surface area contributed by atoms with Crippen molar-refractivity contribution in [1.29, 1.82) is 0 Å². The van der Waals surface area contributed by atoms with Crippen molar-refractivity contribution in [3.8, 4) is 11.5 Å². The van der Waals surface area contributed by atoms with Crippen LogP contribution in [-0.4, -0.2) is 42.1 Å². The summed E-state index contributed by atoms with van der Waals surface area (Å²) in [6, 6.07) is 22.2. The van der Waals surface area contributed by atoms with Gasteiger partial charge in [-0.15, -0.1) is 0 Å². The summed E-state index contributed by atoms with van der Waals surface area (Å²) in [7, 11) is 0. The van der Waals surface area contributed by atoms with Crippen LogP contribution in [0, 0.1) is 5.92 Å². The lowest BCUT2D eigenvalue weighted by Crippen LogP contribution is -2.53. The number of carbonyl (C=O) groups excluding carboxylic acids is 3. The highest BCUT2D eigenvalue weighted by Gasteiger charge is 2.31. The van der Waals surface area contributed by atoms with Gasteiger partial charge in [0.25, 0.3) is 5.91 Å². The highest BCUT2D eigenvalue weighted by Crippen LogP contribution is 2.18. The van der Waals surface area contributed by atoms with E-state index in [1.807, 2.05) is 75.4 Å². The molecule has 3 aromatic rings. The minimum absolute atomic E-state index is 0.111. The Kier molecular flexibility index (Phi) is 12.2. The Morgan fingerprint density at radius 3 is 1.93 bits per heavy atom. The highest BCUT2D eigenvalue weighted by atomic mass is 16.6. The molecular weight excluding hydrogens is 544 g/mol. The highest BCUT2D eigenvalue weighted by molar-refractivity contribution is 5.98. The first kappa shape index (κ1) is 33.2. The third kappa shape index (κ3) is 11.5. The van der Waals surface area contributed by atoms with E-state index < -0.39 is 29.6 Å². The summed E-state index contributed by atoms with van der Waals surface area (Å²) in [6.45, 7) is 12.1. The number of carbonyl (C=O) groups is 3. The molecule has 0 fully saturated rings. The summed E-state index contributed by atoms with van der Waals surface area (Å²) < 4.78 is 17.0. The van der Waals surface area contributed by atoms with E-state index in [0.29, 0.717) is 36.7 Å². The summed E-state index contributed by atoms with van der Waals surface area (Å²) in [4.78, 5) is 39.8. The van der Waals surface area contributed by atoms with Gasteiger partial charge in [-0.1, -0.05) is 56.3 Å². The van der Waals surface area contributed by atoms with Crippen LogP contribution in [0.25, 0.3) is 0 Å². The average molecular weight is 589 g/mol. The van der Waals surface area contributed by atoms with Crippen LogP contribution in [0.2, 0.25) is 0 Å². The molecular formula is C35H44N2O6. The zero-order valence-electron chi connectivity index (χ0n) is 26.0. The van der Waals surface area contributed by atoms with Gasteiger partial charge in [0.15, 0.2) is 0 Å². The molecule has 3 aromatic carbocycles. The summed E-state index contributed by atoms with van der Waals surface area (Å²) in [6.07, 6.45) is 0.601. The molecule has 0 aliphatic carbocycles. The first-order valence-electron chi connectivity index (χ1n) is 14.8. The number of ether oxygens (including phenoxy) is 3. The van der Waals surface area contributed by atoms with Gasteiger partial charge >= 0.3 is 5.97 Å². The van der Waals surface area contributed by atoms with Crippen molar-refractivity contribution in [3.63, 3.8) is 0 Å². The standard InChI is InChI=1S/C35H44N2O6/c1-7-41-28-19-15-27(16-20-28)32(38)36-30(21-24(2)3)33(39)37-31(34(40)43-35(4,5)6)22-25-13-17-29(18-14-25)42-23-26-11-9-8-10-12-26/h8-20,24,30-31H,7,21-23H2,1-6H3,(H,36,38)(H,37,39)/t30-,31-/m0/s1. The smallest absolute Gasteiger partial charge is 0.329 e. The summed E-state index contributed by atoms with van der Waals surface area (Å²) in [5.74, 6) is 0.0765. The lowest BCUT2D eigenvalue weighted by molar-refractivity contribution is -0.158. The molecule has 2 amide bonds. The monoisotopic (exact) mass is 588 g/mol. The van der Waals surface area contributed by atoms with E-state index in [4.69, 9.17) is 14.2 Å². The maximum absolute atomic E-state index is 13.6. The Morgan fingerprint density at radius 2 is 1.35 bits per heavy atom. The van der Waals surface area contributed by atoms with E-state index >= 15 is 0 Å². The maximum Gasteiger partial charge on any atom is 0.329 e. The molecule has 2 atom stereocenters. The van der Waals surface area contributed by atoms with Crippen LogP contribution < -0.4 is 20.1 Å². The van der Waals surface area contributed by atoms with Crippen LogP contribution in [0.4, 0.5) is 0 Å². The Morgan fingerprint density at radius 1 is 0.744 bits per heavy atom. The molecule has 0 saturated heterocycles. The molecule has 0 radical (unpaired) electrons. The minimum atomic E-state index is -0.958. The predicted molar refractivity (Wildman–Crippen MR) is 167 cm³/mol. The van der Waals surface area contributed by atoms with Crippen LogP contribution in [0.1, 0.15) is 69.4 Å². The van der Waals surface area contributed by atoms with Crippen LogP contribution in [0.5, 0.6) is 11.5 Å². The zero-order chi connectivity index (χ0) is 31.4. The normalized spacial score (nSPS) is 12.6. The summed E-state index contributed by atoms with van der Waals surface area (Å²) in [5.41, 5.74) is 1.55. The predicted octanol–water partition coefficient (Wildman–Crippen LogP) is 5.88. The van der Waals surface area contributed by atoms with Gasteiger partial charge in [-0.05, 0) is 87.6 Å². The van der Waals surface area contributed by atoms with E-state index in [2.05, 4.69) is 10.6 Å². The van der Waals surface area contributed by atoms with Crippen LogP contribution in [0.3, 0.4) is 0 Å². The molecule has 0 aromatic heterocycles. The van der Waals surface area contributed by atoms with Crippen molar-refractivity contribution in [3.05, 3.63) is 95.6 Å². The quantitative estimate of drug-likeness (QED) is 0.228.